The van der Waals surface area contributed by atoms with Crippen LogP contribution in [0.25, 0.3) is 22.2 Å². The first-order valence-corrected chi connectivity index (χ1v) is 11.3. The van der Waals surface area contributed by atoms with Crippen LogP contribution in [0.4, 0.5) is 10.1 Å². The van der Waals surface area contributed by atoms with Gasteiger partial charge in [-0.15, -0.1) is 0 Å². The van der Waals surface area contributed by atoms with Crippen molar-refractivity contribution in [2.75, 3.05) is 11.1 Å². The molecule has 0 saturated carbocycles. The zero-order chi connectivity index (χ0) is 22.0. The topological polar surface area (TPSA) is 76.1 Å². The van der Waals surface area contributed by atoms with Gasteiger partial charge in [-0.1, -0.05) is 37.3 Å². The third kappa shape index (κ3) is 4.18. The Bertz CT molecular complexity index is 1380. The lowest BCUT2D eigenvalue weighted by Gasteiger charge is -2.13. The largest absolute Gasteiger partial charge is 0.321 e. The minimum Gasteiger partial charge on any atom is -0.321 e. The van der Waals surface area contributed by atoms with Gasteiger partial charge in [0.25, 0.3) is 5.91 Å². The summed E-state index contributed by atoms with van der Waals surface area (Å²) in [6.45, 7) is 1.55. The Morgan fingerprint density at radius 1 is 0.968 bits per heavy atom. The van der Waals surface area contributed by atoms with E-state index in [0.717, 1.165) is 0 Å². The minimum atomic E-state index is -3.52. The van der Waals surface area contributed by atoms with E-state index in [4.69, 9.17) is 0 Å². The number of para-hydroxylation sites is 2. The quantitative estimate of drug-likeness (QED) is 0.475. The van der Waals surface area contributed by atoms with Crippen molar-refractivity contribution in [2.24, 2.45) is 0 Å². The zero-order valence-corrected chi connectivity index (χ0v) is 17.5. The molecule has 0 bridgehead atoms. The van der Waals surface area contributed by atoms with Crippen LogP contribution in [0.15, 0.2) is 83.8 Å². The first-order valence-electron chi connectivity index (χ1n) is 9.68. The van der Waals surface area contributed by atoms with Crippen molar-refractivity contribution in [1.82, 2.24) is 4.98 Å². The summed E-state index contributed by atoms with van der Waals surface area (Å²) in [6.07, 6.45) is 0. The number of carbonyl (C=O) groups is 1. The van der Waals surface area contributed by atoms with Gasteiger partial charge in [0.15, 0.2) is 9.84 Å². The van der Waals surface area contributed by atoms with Crippen LogP contribution >= 0.6 is 0 Å². The Labute approximate surface area is 179 Å². The second kappa shape index (κ2) is 8.28. The predicted octanol–water partition coefficient (Wildman–Crippen LogP) is 5.09. The summed E-state index contributed by atoms with van der Waals surface area (Å²) in [5.74, 6) is -0.899. The highest BCUT2D eigenvalue weighted by atomic mass is 32.2. The van der Waals surface area contributed by atoms with Crippen molar-refractivity contribution in [3.63, 3.8) is 0 Å². The Kier molecular flexibility index (Phi) is 5.52. The lowest BCUT2D eigenvalue weighted by atomic mass is 10.0. The number of anilines is 1. The lowest BCUT2D eigenvalue weighted by molar-refractivity contribution is 0.102. The zero-order valence-electron chi connectivity index (χ0n) is 16.7. The van der Waals surface area contributed by atoms with Crippen LogP contribution in [0.1, 0.15) is 17.3 Å². The molecule has 0 atom stereocenters. The van der Waals surface area contributed by atoms with E-state index in [-0.39, 0.29) is 22.2 Å². The summed E-state index contributed by atoms with van der Waals surface area (Å²) in [5, 5.41) is 3.37. The maximum absolute atomic E-state index is 13.3. The van der Waals surface area contributed by atoms with E-state index in [9.17, 15) is 17.6 Å². The molecule has 0 fully saturated rings. The average Bonchev–Trinajstić information content (AvgIpc) is 2.79. The number of nitrogens with one attached hydrogen (secondary N) is 1. The van der Waals surface area contributed by atoms with Crippen LogP contribution in [0, 0.1) is 5.82 Å². The van der Waals surface area contributed by atoms with Crippen LogP contribution < -0.4 is 5.32 Å². The molecular weight excluding hydrogens is 415 g/mol. The highest BCUT2D eigenvalue weighted by Crippen LogP contribution is 2.27. The molecule has 7 heteroatoms. The number of rotatable bonds is 5. The number of pyridine rings is 1. The number of hydrogen-bond acceptors (Lipinski definition) is 4. The Balaban J connectivity index is 1.81. The number of aromatic nitrogens is 1. The third-order valence-electron chi connectivity index (χ3n) is 4.95. The van der Waals surface area contributed by atoms with Gasteiger partial charge in [-0.3, -0.25) is 4.79 Å². The maximum atomic E-state index is 13.3. The molecule has 0 aliphatic rings. The molecule has 1 aromatic heterocycles. The van der Waals surface area contributed by atoms with Crippen molar-refractivity contribution in [2.45, 2.75) is 11.8 Å². The van der Waals surface area contributed by atoms with Gasteiger partial charge < -0.3 is 5.32 Å². The van der Waals surface area contributed by atoms with Gasteiger partial charge in [0.1, 0.15) is 5.82 Å². The fourth-order valence-corrected chi connectivity index (χ4v) is 4.37. The van der Waals surface area contributed by atoms with Gasteiger partial charge in [-0.25, -0.2) is 17.8 Å². The molecule has 0 radical (unpaired) electrons. The number of halogens is 1. The van der Waals surface area contributed by atoms with Gasteiger partial charge in [0, 0.05) is 10.9 Å². The molecule has 156 valence electrons. The summed E-state index contributed by atoms with van der Waals surface area (Å²) >= 11 is 0. The molecule has 0 aliphatic heterocycles. The van der Waals surface area contributed by atoms with Gasteiger partial charge in [-0.05, 0) is 48.5 Å². The molecule has 1 amide bonds. The summed E-state index contributed by atoms with van der Waals surface area (Å²) < 4.78 is 38.2. The van der Waals surface area contributed by atoms with Gasteiger partial charge in [0.2, 0.25) is 0 Å². The number of nitrogens with zero attached hydrogens (tertiary/aromatic N) is 1. The normalized spacial score (nSPS) is 11.4. The molecule has 3 aromatic carbocycles. The highest BCUT2D eigenvalue weighted by Gasteiger charge is 2.20. The number of carbonyl (C=O) groups excluding carboxylic acids is 1. The Morgan fingerprint density at radius 2 is 1.65 bits per heavy atom. The molecule has 1 N–H and O–H groups in total. The molecule has 0 spiro atoms. The van der Waals surface area contributed by atoms with Gasteiger partial charge >= 0.3 is 0 Å². The number of sulfone groups is 1. The Hall–Kier alpha value is -3.58. The standard InChI is InChI=1S/C24H19FN2O3S/c1-2-31(29,30)23-10-6-5-9-21(23)27-24(28)19-15-22(16-11-13-17(25)14-12-16)26-20-8-4-3-7-18(19)20/h3-15H,2H2,1H3,(H,27,28). The monoisotopic (exact) mass is 434 g/mol. The number of amides is 1. The minimum absolute atomic E-state index is 0.0722. The number of fused-ring (bicyclic) bond motifs is 1. The third-order valence-corrected chi connectivity index (χ3v) is 6.74. The van der Waals surface area contributed by atoms with Gasteiger partial charge in [-0.2, -0.15) is 0 Å². The predicted molar refractivity (Wildman–Crippen MR) is 119 cm³/mol. The molecule has 0 unspecified atom stereocenters. The number of benzene rings is 3. The average molecular weight is 434 g/mol. The van der Waals surface area contributed by atoms with Crippen LogP contribution in [0.5, 0.6) is 0 Å². The Morgan fingerprint density at radius 3 is 2.39 bits per heavy atom. The summed E-state index contributed by atoms with van der Waals surface area (Å²) in [7, 11) is -3.52. The van der Waals surface area contributed by atoms with Crippen molar-refractivity contribution >= 4 is 32.3 Å². The molecule has 4 rings (SSSR count). The van der Waals surface area contributed by atoms with Crippen LogP contribution in [-0.4, -0.2) is 25.1 Å². The van der Waals surface area contributed by atoms with E-state index in [1.807, 2.05) is 6.07 Å². The SMILES string of the molecule is CCS(=O)(=O)c1ccccc1NC(=O)c1cc(-c2ccc(F)cc2)nc2ccccc12. The molecule has 0 aliphatic carbocycles. The molecular formula is C24H19FN2O3S. The first-order chi connectivity index (χ1) is 14.9. The lowest BCUT2D eigenvalue weighted by Crippen LogP contribution is -2.16. The van der Waals surface area contributed by atoms with E-state index >= 15 is 0 Å². The highest BCUT2D eigenvalue weighted by molar-refractivity contribution is 7.91. The van der Waals surface area contributed by atoms with E-state index in [0.29, 0.717) is 27.7 Å². The molecule has 5 nitrogen and oxygen atoms in total. The van der Waals surface area contributed by atoms with Crippen LogP contribution in [0.3, 0.4) is 0 Å². The smallest absolute Gasteiger partial charge is 0.256 e. The second-order valence-corrected chi connectivity index (χ2v) is 9.18. The van der Waals surface area contributed by atoms with E-state index in [1.165, 1.54) is 18.2 Å². The molecule has 4 aromatic rings. The summed E-state index contributed by atoms with van der Waals surface area (Å²) in [5.41, 5.74) is 2.34. The van der Waals surface area contributed by atoms with Crippen molar-refractivity contribution < 1.29 is 17.6 Å². The molecule has 1 heterocycles. The van der Waals surface area contributed by atoms with Crippen LogP contribution in [0.2, 0.25) is 0 Å². The molecule has 31 heavy (non-hydrogen) atoms. The molecule has 0 saturated heterocycles. The van der Waals surface area contributed by atoms with Crippen molar-refractivity contribution in [3.05, 3.63) is 90.2 Å². The van der Waals surface area contributed by atoms with Crippen LogP contribution in [-0.2, 0) is 9.84 Å². The second-order valence-electron chi connectivity index (χ2n) is 6.93. The maximum Gasteiger partial charge on any atom is 0.256 e. The summed E-state index contributed by atoms with van der Waals surface area (Å²) in [4.78, 5) is 17.9. The van der Waals surface area contributed by atoms with Crippen molar-refractivity contribution in [1.29, 1.82) is 0 Å². The first kappa shape index (κ1) is 20.7. The fraction of sp³-hybridized carbons (Fsp3) is 0.0833. The number of hydrogen-bond donors (Lipinski definition) is 1. The summed E-state index contributed by atoms with van der Waals surface area (Å²) in [6, 6.07) is 21.0. The fourth-order valence-electron chi connectivity index (χ4n) is 3.32. The van der Waals surface area contributed by atoms with E-state index < -0.39 is 15.7 Å². The van der Waals surface area contributed by atoms with Gasteiger partial charge in [0.05, 0.1) is 33.1 Å². The van der Waals surface area contributed by atoms with E-state index in [1.54, 1.807) is 61.5 Å². The van der Waals surface area contributed by atoms with Crippen molar-refractivity contribution in [3.8, 4) is 11.3 Å². The van der Waals surface area contributed by atoms with E-state index in [2.05, 4.69) is 10.3 Å².